The van der Waals surface area contributed by atoms with Gasteiger partial charge in [0.05, 0.1) is 12.8 Å². The highest BCUT2D eigenvalue weighted by Crippen LogP contribution is 2.28. The van der Waals surface area contributed by atoms with E-state index in [0.29, 0.717) is 18.0 Å². The SMILES string of the molecule is COc1ccc(C)cc1NC(=O)[C@H](c1ccccc1)N(C)Cc1ccc(C)cc1. The first-order valence-electron chi connectivity index (χ1n) is 9.74. The summed E-state index contributed by atoms with van der Waals surface area (Å²) in [6.07, 6.45) is 0. The molecule has 0 saturated heterocycles. The van der Waals surface area contributed by atoms with E-state index < -0.39 is 6.04 Å². The summed E-state index contributed by atoms with van der Waals surface area (Å²) >= 11 is 0. The lowest BCUT2D eigenvalue weighted by Gasteiger charge is -2.28. The molecule has 0 saturated carbocycles. The summed E-state index contributed by atoms with van der Waals surface area (Å²) < 4.78 is 5.43. The topological polar surface area (TPSA) is 41.6 Å². The molecule has 3 aromatic rings. The minimum atomic E-state index is -0.428. The van der Waals surface area contributed by atoms with Crippen LogP contribution in [0, 0.1) is 13.8 Å². The first kappa shape index (κ1) is 20.6. The molecular formula is C25H28N2O2. The molecule has 29 heavy (non-hydrogen) atoms. The number of carbonyl (C=O) groups is 1. The number of amides is 1. The minimum absolute atomic E-state index is 0.0882. The Hall–Kier alpha value is -3.11. The first-order valence-corrected chi connectivity index (χ1v) is 9.74. The van der Waals surface area contributed by atoms with Crippen LogP contribution in [0.1, 0.15) is 28.3 Å². The Labute approximate surface area is 173 Å². The van der Waals surface area contributed by atoms with Crippen LogP contribution in [-0.2, 0) is 11.3 Å². The second-order valence-corrected chi connectivity index (χ2v) is 7.41. The van der Waals surface area contributed by atoms with Gasteiger partial charge in [-0.2, -0.15) is 0 Å². The number of nitrogens with one attached hydrogen (secondary N) is 1. The van der Waals surface area contributed by atoms with Gasteiger partial charge in [0, 0.05) is 6.54 Å². The Kier molecular flexibility index (Phi) is 6.68. The molecule has 1 atom stereocenters. The zero-order chi connectivity index (χ0) is 20.8. The van der Waals surface area contributed by atoms with Gasteiger partial charge in [-0.25, -0.2) is 0 Å². The number of anilines is 1. The number of rotatable bonds is 7. The van der Waals surface area contributed by atoms with Crippen LogP contribution in [0.4, 0.5) is 5.69 Å². The maximum Gasteiger partial charge on any atom is 0.246 e. The third kappa shape index (κ3) is 5.24. The molecule has 3 rings (SSSR count). The van der Waals surface area contributed by atoms with Crippen molar-refractivity contribution in [2.75, 3.05) is 19.5 Å². The zero-order valence-corrected chi connectivity index (χ0v) is 17.5. The van der Waals surface area contributed by atoms with Crippen molar-refractivity contribution in [1.29, 1.82) is 0 Å². The van der Waals surface area contributed by atoms with Crippen LogP contribution in [0.5, 0.6) is 5.75 Å². The molecule has 0 heterocycles. The van der Waals surface area contributed by atoms with Gasteiger partial charge in [0.1, 0.15) is 11.8 Å². The van der Waals surface area contributed by atoms with Crippen LogP contribution in [0.25, 0.3) is 0 Å². The van der Waals surface area contributed by atoms with Crippen molar-refractivity contribution in [1.82, 2.24) is 4.90 Å². The summed E-state index contributed by atoms with van der Waals surface area (Å²) in [5.74, 6) is 0.562. The van der Waals surface area contributed by atoms with Crippen molar-refractivity contribution < 1.29 is 9.53 Å². The van der Waals surface area contributed by atoms with E-state index in [0.717, 1.165) is 11.1 Å². The number of ether oxygens (including phenoxy) is 1. The summed E-state index contributed by atoms with van der Waals surface area (Å²) in [4.78, 5) is 15.4. The fraction of sp³-hybridized carbons (Fsp3) is 0.240. The molecule has 4 heteroatoms. The summed E-state index contributed by atoms with van der Waals surface area (Å²) in [5.41, 5.74) is 5.08. The average Bonchev–Trinajstić information content (AvgIpc) is 2.71. The van der Waals surface area contributed by atoms with E-state index in [-0.39, 0.29) is 5.91 Å². The highest BCUT2D eigenvalue weighted by molar-refractivity contribution is 5.96. The lowest BCUT2D eigenvalue weighted by molar-refractivity contribution is -0.121. The molecule has 1 amide bonds. The number of likely N-dealkylation sites (N-methyl/N-ethyl adjacent to an activating group) is 1. The lowest BCUT2D eigenvalue weighted by Crippen LogP contribution is -2.34. The van der Waals surface area contributed by atoms with Gasteiger partial charge in [-0.1, -0.05) is 66.2 Å². The van der Waals surface area contributed by atoms with Gasteiger partial charge in [0.2, 0.25) is 5.91 Å². The van der Waals surface area contributed by atoms with Crippen molar-refractivity contribution in [2.24, 2.45) is 0 Å². The predicted molar refractivity (Wildman–Crippen MR) is 118 cm³/mol. The standard InChI is InChI=1S/C25H28N2O2/c1-18-10-13-20(14-11-18)17-27(3)24(21-8-6-5-7-9-21)25(28)26-22-16-19(2)12-15-23(22)29-4/h5-16,24H,17H2,1-4H3,(H,26,28)/t24-/m0/s1. The summed E-state index contributed by atoms with van der Waals surface area (Å²) in [7, 11) is 3.59. The van der Waals surface area contributed by atoms with Gasteiger partial charge in [0.15, 0.2) is 0 Å². The molecule has 150 valence electrons. The predicted octanol–water partition coefficient (Wildman–Crippen LogP) is 5.12. The molecule has 0 aliphatic rings. The monoisotopic (exact) mass is 388 g/mol. The van der Waals surface area contributed by atoms with Crippen molar-refractivity contribution in [2.45, 2.75) is 26.4 Å². The van der Waals surface area contributed by atoms with Gasteiger partial charge in [-0.05, 0) is 49.7 Å². The smallest absolute Gasteiger partial charge is 0.246 e. The molecule has 4 nitrogen and oxygen atoms in total. The lowest BCUT2D eigenvalue weighted by atomic mass is 10.0. The van der Waals surface area contributed by atoms with Gasteiger partial charge in [-0.15, -0.1) is 0 Å². The van der Waals surface area contributed by atoms with Gasteiger partial charge in [-0.3, -0.25) is 9.69 Å². The summed E-state index contributed by atoms with van der Waals surface area (Å²) in [6.45, 7) is 4.73. The van der Waals surface area contributed by atoms with Crippen LogP contribution in [0.15, 0.2) is 72.8 Å². The largest absolute Gasteiger partial charge is 0.495 e. The Morgan fingerprint density at radius 1 is 0.966 bits per heavy atom. The quantitative estimate of drug-likeness (QED) is 0.610. The van der Waals surface area contributed by atoms with Crippen molar-refractivity contribution >= 4 is 11.6 Å². The van der Waals surface area contributed by atoms with E-state index in [1.165, 1.54) is 11.1 Å². The number of carbonyl (C=O) groups excluding carboxylic acids is 1. The zero-order valence-electron chi connectivity index (χ0n) is 17.5. The van der Waals surface area contributed by atoms with Crippen LogP contribution in [0.3, 0.4) is 0 Å². The van der Waals surface area contributed by atoms with E-state index in [1.807, 2.05) is 62.5 Å². The number of nitrogens with zero attached hydrogens (tertiary/aromatic N) is 1. The highest BCUT2D eigenvalue weighted by Gasteiger charge is 2.26. The number of hydrogen-bond acceptors (Lipinski definition) is 3. The second-order valence-electron chi connectivity index (χ2n) is 7.41. The fourth-order valence-electron chi connectivity index (χ4n) is 3.43. The molecule has 0 spiro atoms. The molecule has 0 aliphatic heterocycles. The van der Waals surface area contributed by atoms with Gasteiger partial charge < -0.3 is 10.1 Å². The van der Waals surface area contributed by atoms with E-state index >= 15 is 0 Å². The average molecular weight is 389 g/mol. The van der Waals surface area contributed by atoms with Crippen LogP contribution in [-0.4, -0.2) is 25.0 Å². The number of benzene rings is 3. The second kappa shape index (κ2) is 9.39. The Bertz CT molecular complexity index is 952. The molecular weight excluding hydrogens is 360 g/mol. The molecule has 1 N–H and O–H groups in total. The maximum atomic E-state index is 13.4. The Morgan fingerprint density at radius 2 is 1.62 bits per heavy atom. The third-order valence-corrected chi connectivity index (χ3v) is 4.97. The number of methoxy groups -OCH3 is 1. The van der Waals surface area contributed by atoms with Crippen molar-refractivity contribution in [3.63, 3.8) is 0 Å². The van der Waals surface area contributed by atoms with Crippen molar-refractivity contribution in [3.8, 4) is 5.75 Å². The van der Waals surface area contributed by atoms with E-state index in [4.69, 9.17) is 4.74 Å². The molecule has 0 radical (unpaired) electrons. The molecule has 0 fully saturated rings. The Morgan fingerprint density at radius 3 is 2.28 bits per heavy atom. The molecule has 0 aliphatic carbocycles. The van der Waals surface area contributed by atoms with E-state index in [2.05, 4.69) is 41.4 Å². The highest BCUT2D eigenvalue weighted by atomic mass is 16.5. The molecule has 0 aromatic heterocycles. The first-order chi connectivity index (χ1) is 14.0. The fourth-order valence-corrected chi connectivity index (χ4v) is 3.43. The number of aryl methyl sites for hydroxylation is 2. The van der Waals surface area contributed by atoms with Crippen LogP contribution >= 0.6 is 0 Å². The maximum absolute atomic E-state index is 13.4. The van der Waals surface area contributed by atoms with Gasteiger partial charge in [0.25, 0.3) is 0 Å². The number of hydrogen-bond donors (Lipinski definition) is 1. The van der Waals surface area contributed by atoms with Crippen LogP contribution in [0.2, 0.25) is 0 Å². The van der Waals surface area contributed by atoms with Crippen LogP contribution < -0.4 is 10.1 Å². The molecule has 0 unspecified atom stereocenters. The van der Waals surface area contributed by atoms with Gasteiger partial charge >= 0.3 is 0 Å². The Balaban J connectivity index is 1.88. The summed E-state index contributed by atoms with van der Waals surface area (Å²) in [5, 5.41) is 3.07. The molecule has 3 aromatic carbocycles. The molecule has 0 bridgehead atoms. The van der Waals surface area contributed by atoms with Crippen molar-refractivity contribution in [3.05, 3.63) is 95.1 Å². The normalized spacial score (nSPS) is 11.9. The third-order valence-electron chi connectivity index (χ3n) is 4.97. The van der Waals surface area contributed by atoms with E-state index in [1.54, 1.807) is 7.11 Å². The van der Waals surface area contributed by atoms with E-state index in [9.17, 15) is 4.79 Å². The summed E-state index contributed by atoms with van der Waals surface area (Å²) in [6, 6.07) is 23.6. The minimum Gasteiger partial charge on any atom is -0.495 e.